The minimum Gasteiger partial charge on any atom is -0.352 e. The molecule has 1 aromatic carbocycles. The first-order valence-corrected chi connectivity index (χ1v) is 8.00. The minimum atomic E-state index is -0.244. The van der Waals surface area contributed by atoms with E-state index in [9.17, 15) is 14.4 Å². The van der Waals surface area contributed by atoms with Crippen molar-refractivity contribution in [3.05, 3.63) is 42.5 Å². The number of rotatable bonds is 8. The van der Waals surface area contributed by atoms with E-state index in [-0.39, 0.29) is 24.1 Å². The molecule has 0 spiro atoms. The van der Waals surface area contributed by atoms with E-state index in [1.807, 2.05) is 13.8 Å². The Morgan fingerprint density at radius 3 is 2.21 bits per heavy atom. The number of nitrogens with zero attached hydrogens (tertiary/aromatic N) is 2. The Morgan fingerprint density at radius 2 is 1.71 bits per heavy atom. The van der Waals surface area contributed by atoms with E-state index < -0.39 is 0 Å². The molecule has 0 unspecified atom stereocenters. The van der Waals surface area contributed by atoms with Crippen molar-refractivity contribution in [3.63, 3.8) is 0 Å². The molecule has 0 saturated heterocycles. The molecule has 0 heterocycles. The zero-order chi connectivity index (χ0) is 18.1. The Labute approximate surface area is 143 Å². The summed E-state index contributed by atoms with van der Waals surface area (Å²) in [5, 5.41) is 2.73. The normalized spacial score (nSPS) is 9.96. The third-order valence-electron chi connectivity index (χ3n) is 3.76. The topological polar surface area (TPSA) is 69.7 Å². The first kappa shape index (κ1) is 19.4. The monoisotopic (exact) mass is 331 g/mol. The zero-order valence-corrected chi connectivity index (χ0v) is 14.5. The molecular formula is C18H25N3O3. The summed E-state index contributed by atoms with van der Waals surface area (Å²) in [6, 6.07) is 6.67. The summed E-state index contributed by atoms with van der Waals surface area (Å²) in [4.78, 5) is 38.6. The van der Waals surface area contributed by atoms with E-state index in [1.165, 1.54) is 11.0 Å². The van der Waals surface area contributed by atoms with Crippen LogP contribution >= 0.6 is 0 Å². The smallest absolute Gasteiger partial charge is 0.251 e. The second kappa shape index (κ2) is 9.50. The second-order valence-electron chi connectivity index (χ2n) is 5.22. The van der Waals surface area contributed by atoms with Crippen LogP contribution in [0, 0.1) is 0 Å². The fourth-order valence-electron chi connectivity index (χ4n) is 2.22. The van der Waals surface area contributed by atoms with Crippen molar-refractivity contribution in [2.24, 2.45) is 0 Å². The predicted molar refractivity (Wildman–Crippen MR) is 94.9 cm³/mol. The molecule has 0 aliphatic carbocycles. The molecule has 0 bridgehead atoms. The Bertz CT molecular complexity index is 592. The summed E-state index contributed by atoms with van der Waals surface area (Å²) >= 11 is 0. The lowest BCUT2D eigenvalue weighted by molar-refractivity contribution is -0.130. The van der Waals surface area contributed by atoms with Crippen LogP contribution in [0.4, 0.5) is 5.69 Å². The highest BCUT2D eigenvalue weighted by atomic mass is 16.2. The van der Waals surface area contributed by atoms with Gasteiger partial charge in [0.15, 0.2) is 0 Å². The van der Waals surface area contributed by atoms with Gasteiger partial charge >= 0.3 is 0 Å². The van der Waals surface area contributed by atoms with Crippen LogP contribution < -0.4 is 10.2 Å². The Balaban J connectivity index is 2.55. The van der Waals surface area contributed by atoms with Gasteiger partial charge in [-0.25, -0.2) is 0 Å². The van der Waals surface area contributed by atoms with Crippen LogP contribution in [0.15, 0.2) is 36.9 Å². The third-order valence-corrected chi connectivity index (χ3v) is 3.76. The Hall–Kier alpha value is -2.63. The molecular weight excluding hydrogens is 306 g/mol. The minimum absolute atomic E-state index is 0.0280. The molecule has 6 nitrogen and oxygen atoms in total. The van der Waals surface area contributed by atoms with Gasteiger partial charge in [0.05, 0.1) is 0 Å². The molecule has 0 saturated carbocycles. The highest BCUT2D eigenvalue weighted by Crippen LogP contribution is 2.14. The maximum atomic E-state index is 12.1. The Kier molecular flexibility index (Phi) is 7.68. The van der Waals surface area contributed by atoms with Crippen molar-refractivity contribution >= 4 is 23.4 Å². The van der Waals surface area contributed by atoms with E-state index in [0.717, 1.165) is 0 Å². The fourth-order valence-corrected chi connectivity index (χ4v) is 2.22. The van der Waals surface area contributed by atoms with Crippen LogP contribution in [-0.2, 0) is 9.59 Å². The number of carbonyl (C=O) groups is 3. The van der Waals surface area contributed by atoms with Crippen molar-refractivity contribution in [3.8, 4) is 0 Å². The van der Waals surface area contributed by atoms with E-state index in [2.05, 4.69) is 11.9 Å². The zero-order valence-electron chi connectivity index (χ0n) is 14.5. The van der Waals surface area contributed by atoms with Gasteiger partial charge in [-0.05, 0) is 44.2 Å². The first-order valence-electron chi connectivity index (χ1n) is 8.00. The number of likely N-dealkylation sites (N-methyl/N-ethyl adjacent to an activating group) is 1. The van der Waals surface area contributed by atoms with Crippen molar-refractivity contribution in [2.45, 2.75) is 20.3 Å². The Morgan fingerprint density at radius 1 is 1.12 bits per heavy atom. The molecule has 24 heavy (non-hydrogen) atoms. The number of amides is 3. The predicted octanol–water partition coefficient (Wildman–Crippen LogP) is 1.82. The quantitative estimate of drug-likeness (QED) is 0.739. The number of hydrogen-bond donors (Lipinski definition) is 1. The number of nitrogens with one attached hydrogen (secondary N) is 1. The number of carbonyl (C=O) groups excluding carboxylic acids is 3. The van der Waals surface area contributed by atoms with Crippen LogP contribution in [0.2, 0.25) is 0 Å². The van der Waals surface area contributed by atoms with E-state index in [1.54, 1.807) is 36.2 Å². The summed E-state index contributed by atoms with van der Waals surface area (Å²) in [6.07, 6.45) is 1.51. The summed E-state index contributed by atoms with van der Waals surface area (Å²) in [6.45, 7) is 8.92. The van der Waals surface area contributed by atoms with Crippen molar-refractivity contribution < 1.29 is 14.4 Å². The lowest BCUT2D eigenvalue weighted by atomic mass is 10.2. The maximum Gasteiger partial charge on any atom is 0.251 e. The highest BCUT2D eigenvalue weighted by Gasteiger charge is 2.12. The first-order chi connectivity index (χ1) is 11.4. The lowest BCUT2D eigenvalue weighted by Crippen LogP contribution is -2.34. The van der Waals surface area contributed by atoms with Crippen LogP contribution in [0.3, 0.4) is 0 Å². The molecule has 0 aliphatic heterocycles. The lowest BCUT2D eigenvalue weighted by Gasteiger charge is -2.18. The van der Waals surface area contributed by atoms with Crippen LogP contribution in [-0.4, -0.2) is 49.3 Å². The average molecular weight is 331 g/mol. The molecule has 1 aromatic rings. The second-order valence-corrected chi connectivity index (χ2v) is 5.22. The van der Waals surface area contributed by atoms with Gasteiger partial charge in [0, 0.05) is 44.4 Å². The summed E-state index contributed by atoms with van der Waals surface area (Å²) < 4.78 is 0. The van der Waals surface area contributed by atoms with Gasteiger partial charge in [0.25, 0.3) is 5.91 Å². The van der Waals surface area contributed by atoms with Crippen LogP contribution in [0.5, 0.6) is 0 Å². The third kappa shape index (κ3) is 5.22. The number of hydrogen-bond acceptors (Lipinski definition) is 3. The summed E-state index contributed by atoms with van der Waals surface area (Å²) in [5.74, 6) is -0.436. The molecule has 1 N–H and O–H groups in total. The number of anilines is 1. The van der Waals surface area contributed by atoms with Crippen LogP contribution in [0.25, 0.3) is 0 Å². The van der Waals surface area contributed by atoms with Crippen LogP contribution in [0.1, 0.15) is 30.6 Å². The van der Waals surface area contributed by atoms with Gasteiger partial charge in [-0.3, -0.25) is 14.4 Å². The molecule has 3 amide bonds. The van der Waals surface area contributed by atoms with Gasteiger partial charge in [-0.2, -0.15) is 0 Å². The van der Waals surface area contributed by atoms with Gasteiger partial charge in [-0.15, -0.1) is 0 Å². The highest BCUT2D eigenvalue weighted by molar-refractivity contribution is 6.01. The number of benzene rings is 1. The van der Waals surface area contributed by atoms with E-state index in [0.29, 0.717) is 30.9 Å². The van der Waals surface area contributed by atoms with Crippen molar-refractivity contribution in [1.29, 1.82) is 0 Å². The molecule has 0 aromatic heterocycles. The van der Waals surface area contributed by atoms with Gasteiger partial charge < -0.3 is 15.1 Å². The molecule has 130 valence electrons. The largest absolute Gasteiger partial charge is 0.352 e. The summed E-state index contributed by atoms with van der Waals surface area (Å²) in [5.41, 5.74) is 1.15. The SMILES string of the molecule is C=CC(=O)N(C)c1ccc(C(=O)NCCC(=O)N(CC)CC)cc1. The molecule has 0 fully saturated rings. The van der Waals surface area contributed by atoms with E-state index >= 15 is 0 Å². The van der Waals surface area contributed by atoms with E-state index in [4.69, 9.17) is 0 Å². The molecule has 0 atom stereocenters. The fraction of sp³-hybridized carbons (Fsp3) is 0.389. The van der Waals surface area contributed by atoms with Gasteiger partial charge in [0.2, 0.25) is 11.8 Å². The average Bonchev–Trinajstić information content (AvgIpc) is 2.61. The van der Waals surface area contributed by atoms with Gasteiger partial charge in [-0.1, -0.05) is 6.58 Å². The molecule has 1 rings (SSSR count). The molecule has 6 heteroatoms. The molecule has 0 aliphatic rings. The van der Waals surface area contributed by atoms with Crippen molar-refractivity contribution in [1.82, 2.24) is 10.2 Å². The summed E-state index contributed by atoms with van der Waals surface area (Å²) in [7, 11) is 1.64. The van der Waals surface area contributed by atoms with Gasteiger partial charge in [0.1, 0.15) is 0 Å². The standard InChI is InChI=1S/C18H25N3O3/c1-5-16(22)20(4)15-10-8-14(9-11-15)18(24)19-13-12-17(23)21(6-2)7-3/h5,8-11H,1,6-7,12-13H2,2-4H3,(H,19,24). The maximum absolute atomic E-state index is 12.1. The molecule has 0 radical (unpaired) electrons. The van der Waals surface area contributed by atoms with Crippen molar-refractivity contribution in [2.75, 3.05) is 31.6 Å².